The molecule has 2 aliphatic rings. The van der Waals surface area contributed by atoms with Crippen LogP contribution < -0.4 is 5.32 Å². The fourth-order valence-corrected chi connectivity index (χ4v) is 5.23. The molecule has 4 heteroatoms. The van der Waals surface area contributed by atoms with Gasteiger partial charge in [0, 0.05) is 18.3 Å². The Balaban J connectivity index is 1.62. The van der Waals surface area contributed by atoms with Crippen molar-refractivity contribution in [1.29, 1.82) is 0 Å². The Morgan fingerprint density at radius 3 is 2.68 bits per heavy atom. The zero-order valence-corrected chi connectivity index (χ0v) is 20.9. The highest BCUT2D eigenvalue weighted by Gasteiger charge is 2.38. The minimum absolute atomic E-state index is 0.00915. The molecule has 0 bridgehead atoms. The van der Waals surface area contributed by atoms with Crippen LogP contribution in [-0.4, -0.2) is 23.4 Å². The number of halogens is 1. The molecule has 34 heavy (non-hydrogen) atoms. The largest absolute Gasteiger partial charge is 0.326 e. The number of nitrogens with one attached hydrogen (secondary N) is 1. The molecule has 2 aromatic rings. The van der Waals surface area contributed by atoms with Crippen LogP contribution in [0, 0.1) is 12.8 Å². The molecule has 1 amide bonds. The molecule has 1 N–H and O–H groups in total. The average Bonchev–Trinajstić information content (AvgIpc) is 2.80. The van der Waals surface area contributed by atoms with Gasteiger partial charge in [0.15, 0.2) is 0 Å². The Labute approximate surface area is 203 Å². The van der Waals surface area contributed by atoms with Gasteiger partial charge in [-0.1, -0.05) is 57.2 Å². The molecule has 2 aromatic carbocycles. The van der Waals surface area contributed by atoms with Crippen molar-refractivity contribution in [3.63, 3.8) is 0 Å². The fraction of sp³-hybridized carbons (Fsp3) is 0.433. The number of benzene rings is 2. The Morgan fingerprint density at radius 2 is 1.94 bits per heavy atom. The first-order valence-corrected chi connectivity index (χ1v) is 12.5. The highest BCUT2D eigenvalue weighted by atomic mass is 19.1. The number of carbonyl (C=O) groups is 1. The minimum Gasteiger partial charge on any atom is -0.326 e. The molecule has 1 fully saturated rings. The highest BCUT2D eigenvalue weighted by Crippen LogP contribution is 2.36. The highest BCUT2D eigenvalue weighted by molar-refractivity contribution is 5.93. The van der Waals surface area contributed by atoms with E-state index in [4.69, 9.17) is 0 Å². The van der Waals surface area contributed by atoms with Crippen molar-refractivity contribution < 1.29 is 9.18 Å². The molecule has 180 valence electrons. The van der Waals surface area contributed by atoms with Crippen LogP contribution in [0.1, 0.15) is 63.1 Å². The Bertz CT molecular complexity index is 1090. The summed E-state index contributed by atoms with van der Waals surface area (Å²) in [5.74, 6) is -0.366. The van der Waals surface area contributed by atoms with E-state index in [1.54, 1.807) is 12.2 Å². The van der Waals surface area contributed by atoms with E-state index in [-0.39, 0.29) is 29.1 Å². The summed E-state index contributed by atoms with van der Waals surface area (Å²) in [7, 11) is 0. The van der Waals surface area contributed by atoms with E-state index in [2.05, 4.69) is 74.3 Å². The van der Waals surface area contributed by atoms with Gasteiger partial charge in [-0.15, -0.1) is 0 Å². The molecular weight excluding hydrogens is 423 g/mol. The van der Waals surface area contributed by atoms with E-state index < -0.39 is 0 Å². The van der Waals surface area contributed by atoms with Crippen LogP contribution >= 0.6 is 0 Å². The third-order valence-corrected chi connectivity index (χ3v) is 7.18. The van der Waals surface area contributed by atoms with Crippen LogP contribution in [-0.2, 0) is 16.8 Å². The van der Waals surface area contributed by atoms with Crippen molar-refractivity contribution in [3.05, 3.63) is 88.8 Å². The molecule has 3 nitrogen and oxygen atoms in total. The van der Waals surface area contributed by atoms with Crippen molar-refractivity contribution in [2.45, 2.75) is 71.4 Å². The van der Waals surface area contributed by atoms with Crippen LogP contribution in [0.2, 0.25) is 0 Å². The number of carbonyl (C=O) groups excluding carboxylic acids is 1. The molecule has 1 aliphatic heterocycles. The molecule has 0 aromatic heterocycles. The fourth-order valence-electron chi connectivity index (χ4n) is 5.23. The summed E-state index contributed by atoms with van der Waals surface area (Å²) in [5, 5.41) is 3.20. The van der Waals surface area contributed by atoms with Gasteiger partial charge in [0.05, 0.1) is 5.92 Å². The lowest BCUT2D eigenvalue weighted by atomic mass is 9.80. The van der Waals surface area contributed by atoms with Crippen molar-refractivity contribution >= 4 is 11.6 Å². The van der Waals surface area contributed by atoms with E-state index in [1.165, 1.54) is 16.7 Å². The monoisotopic (exact) mass is 460 g/mol. The van der Waals surface area contributed by atoms with Crippen LogP contribution in [0.25, 0.3) is 0 Å². The van der Waals surface area contributed by atoms with Crippen molar-refractivity contribution in [3.8, 4) is 0 Å². The molecule has 1 heterocycles. The number of aryl methyl sites for hydroxylation is 1. The van der Waals surface area contributed by atoms with Crippen LogP contribution in [0.4, 0.5) is 10.1 Å². The lowest BCUT2D eigenvalue weighted by molar-refractivity contribution is -0.123. The topological polar surface area (TPSA) is 32.3 Å². The normalized spacial score (nSPS) is 21.6. The molecule has 1 saturated heterocycles. The lowest BCUT2D eigenvalue weighted by Crippen LogP contribution is -2.50. The van der Waals surface area contributed by atoms with Crippen molar-refractivity contribution in [2.24, 2.45) is 5.92 Å². The molecule has 1 aliphatic carbocycles. The summed E-state index contributed by atoms with van der Waals surface area (Å²) in [6, 6.07) is 16.4. The standard InChI is InChI=1S/C30H37FN2O/c1-21-10-5-6-11-23(21)20-33-17-9-16-27(28(33)22-12-7-14-25(31)18-22)29(34)32-26-15-8-13-24(19-26)30(2,3)4/h5-6,8,10-11,13-15,18-19,27-28H,7,9,12,16-17,20H2,1-4H3,(H,32,34)/t27-,28-/m0/s1. The first-order valence-electron chi connectivity index (χ1n) is 12.5. The molecule has 0 radical (unpaired) electrons. The second kappa shape index (κ2) is 10.3. The third-order valence-electron chi connectivity index (χ3n) is 7.18. The predicted molar refractivity (Wildman–Crippen MR) is 138 cm³/mol. The summed E-state index contributed by atoms with van der Waals surface area (Å²) < 4.78 is 14.3. The number of anilines is 1. The van der Waals surface area contributed by atoms with Crippen molar-refractivity contribution in [2.75, 3.05) is 11.9 Å². The number of rotatable bonds is 5. The maximum absolute atomic E-state index is 14.3. The molecule has 4 rings (SSSR count). The van der Waals surface area contributed by atoms with Gasteiger partial charge in [0.25, 0.3) is 0 Å². The molecule has 2 atom stereocenters. The average molecular weight is 461 g/mol. The number of likely N-dealkylation sites (tertiary alicyclic amines) is 1. The predicted octanol–water partition coefficient (Wildman–Crippen LogP) is 7.09. The maximum Gasteiger partial charge on any atom is 0.229 e. The van der Waals surface area contributed by atoms with Gasteiger partial charge in [-0.2, -0.15) is 0 Å². The van der Waals surface area contributed by atoms with Gasteiger partial charge in [0.1, 0.15) is 5.83 Å². The smallest absolute Gasteiger partial charge is 0.229 e. The Kier molecular flexibility index (Phi) is 7.37. The Hall–Kier alpha value is -2.72. The van der Waals surface area contributed by atoms with Gasteiger partial charge in [0.2, 0.25) is 5.91 Å². The molecule has 0 unspecified atom stereocenters. The third kappa shape index (κ3) is 5.67. The van der Waals surface area contributed by atoms with Crippen LogP contribution in [0.15, 0.2) is 72.1 Å². The summed E-state index contributed by atoms with van der Waals surface area (Å²) in [4.78, 5) is 16.0. The maximum atomic E-state index is 14.3. The number of allylic oxidation sites excluding steroid dienone is 3. The summed E-state index contributed by atoms with van der Waals surface area (Å²) >= 11 is 0. The summed E-state index contributed by atoms with van der Waals surface area (Å²) in [6.45, 7) is 10.3. The second-order valence-electron chi connectivity index (χ2n) is 10.8. The quantitative estimate of drug-likeness (QED) is 0.517. The van der Waals surface area contributed by atoms with E-state index in [1.807, 2.05) is 12.1 Å². The van der Waals surface area contributed by atoms with Gasteiger partial charge < -0.3 is 5.32 Å². The number of nitrogens with zero attached hydrogens (tertiary/aromatic N) is 1. The lowest BCUT2D eigenvalue weighted by Gasteiger charge is -2.42. The second-order valence-corrected chi connectivity index (χ2v) is 10.8. The summed E-state index contributed by atoms with van der Waals surface area (Å²) in [5.41, 5.74) is 5.57. The SMILES string of the molecule is Cc1ccccc1CN1CCC[C@H](C(=O)Nc2cccc(C(C)(C)C)c2)[C@@H]1C1=CC(F)=CCC1. The Morgan fingerprint density at radius 1 is 1.15 bits per heavy atom. The van der Waals surface area contributed by atoms with Gasteiger partial charge in [-0.3, -0.25) is 9.69 Å². The van der Waals surface area contributed by atoms with Gasteiger partial charge >= 0.3 is 0 Å². The number of amides is 1. The minimum atomic E-state index is -0.215. The molecule has 0 spiro atoms. The zero-order valence-electron chi connectivity index (χ0n) is 20.9. The first-order chi connectivity index (χ1) is 16.2. The van der Waals surface area contributed by atoms with E-state index in [0.29, 0.717) is 6.42 Å². The first kappa shape index (κ1) is 24.4. The number of hydrogen-bond donors (Lipinski definition) is 1. The summed E-state index contributed by atoms with van der Waals surface area (Å²) in [6.07, 6.45) is 6.56. The zero-order chi connectivity index (χ0) is 24.3. The van der Waals surface area contributed by atoms with E-state index >= 15 is 0 Å². The van der Waals surface area contributed by atoms with E-state index in [9.17, 15) is 9.18 Å². The van der Waals surface area contributed by atoms with Crippen LogP contribution in [0.3, 0.4) is 0 Å². The van der Waals surface area contributed by atoms with Crippen molar-refractivity contribution in [1.82, 2.24) is 4.90 Å². The molecular formula is C30H37FN2O. The number of hydrogen-bond acceptors (Lipinski definition) is 2. The van der Waals surface area contributed by atoms with Gasteiger partial charge in [-0.05, 0) is 91.1 Å². The molecule has 0 saturated carbocycles. The van der Waals surface area contributed by atoms with E-state index in [0.717, 1.165) is 43.6 Å². The van der Waals surface area contributed by atoms with Gasteiger partial charge in [-0.25, -0.2) is 4.39 Å². The van der Waals surface area contributed by atoms with Crippen LogP contribution in [0.5, 0.6) is 0 Å². The number of piperidine rings is 1.